The van der Waals surface area contributed by atoms with Crippen molar-refractivity contribution in [1.82, 2.24) is 0 Å². The molecule has 0 radical (unpaired) electrons. The molecule has 6 nitrogen and oxygen atoms in total. The van der Waals surface area contributed by atoms with Gasteiger partial charge in [0.25, 0.3) is 16.0 Å². The van der Waals surface area contributed by atoms with Crippen molar-refractivity contribution < 1.29 is 17.4 Å². The Hall–Kier alpha value is -2.22. The Bertz CT molecular complexity index is 702. The van der Waals surface area contributed by atoms with E-state index >= 15 is 0 Å². The average molecular weight is 306 g/mol. The fraction of sp³-hybridized carbons (Fsp3) is 0.0714. The van der Waals surface area contributed by atoms with Gasteiger partial charge in [0.2, 0.25) is 6.23 Å². The molecule has 0 heterocycles. The van der Waals surface area contributed by atoms with Crippen molar-refractivity contribution in [3.63, 3.8) is 0 Å². The number of para-hydroxylation sites is 1. The van der Waals surface area contributed by atoms with Gasteiger partial charge in [0.15, 0.2) is 0 Å². The van der Waals surface area contributed by atoms with Crippen LogP contribution >= 0.6 is 0 Å². The molecular weight excluding hydrogens is 292 g/mol. The fourth-order valence-electron chi connectivity index (χ4n) is 1.56. The summed E-state index contributed by atoms with van der Waals surface area (Å²) in [4.78, 5) is 11.7. The number of hydrogen-bond donors (Lipinski definition) is 2. The molecule has 0 aromatic heterocycles. The summed E-state index contributed by atoms with van der Waals surface area (Å²) in [7, 11) is -4.08. The van der Waals surface area contributed by atoms with Gasteiger partial charge in [-0.2, -0.15) is 8.42 Å². The van der Waals surface area contributed by atoms with E-state index in [1.54, 1.807) is 48.5 Å². The smallest absolute Gasteiger partial charge is 0.298 e. The average Bonchev–Trinajstić information content (AvgIpc) is 2.48. The monoisotopic (exact) mass is 306 g/mol. The highest BCUT2D eigenvalue weighted by Crippen LogP contribution is 2.13. The minimum Gasteiger partial charge on any atom is -0.323 e. The van der Waals surface area contributed by atoms with E-state index < -0.39 is 22.3 Å². The topological polar surface area (TPSA) is 98.5 Å². The molecule has 0 aliphatic rings. The molecule has 1 atom stereocenters. The number of anilines is 1. The van der Waals surface area contributed by atoms with Gasteiger partial charge in [-0.1, -0.05) is 36.4 Å². The Morgan fingerprint density at radius 1 is 1.00 bits per heavy atom. The largest absolute Gasteiger partial charge is 0.323 e. The lowest BCUT2D eigenvalue weighted by molar-refractivity contribution is -0.122. The molecular formula is C14H14N2O4S. The molecule has 0 saturated heterocycles. The van der Waals surface area contributed by atoms with Gasteiger partial charge in [0, 0.05) is 5.69 Å². The van der Waals surface area contributed by atoms with E-state index in [9.17, 15) is 13.2 Å². The van der Waals surface area contributed by atoms with E-state index in [0.29, 0.717) is 5.69 Å². The summed E-state index contributed by atoms with van der Waals surface area (Å²) in [5.41, 5.74) is 5.97. The Kier molecular flexibility index (Phi) is 4.69. The Morgan fingerprint density at radius 2 is 1.52 bits per heavy atom. The highest BCUT2D eigenvalue weighted by molar-refractivity contribution is 7.86. The van der Waals surface area contributed by atoms with E-state index in [1.165, 1.54) is 12.1 Å². The van der Waals surface area contributed by atoms with E-state index in [-0.39, 0.29) is 4.90 Å². The number of benzene rings is 2. The van der Waals surface area contributed by atoms with Crippen molar-refractivity contribution in [2.45, 2.75) is 11.1 Å². The lowest BCUT2D eigenvalue weighted by atomic mass is 10.3. The summed E-state index contributed by atoms with van der Waals surface area (Å²) in [6.07, 6.45) is -1.63. The van der Waals surface area contributed by atoms with Crippen molar-refractivity contribution in [3.8, 4) is 0 Å². The maximum Gasteiger partial charge on any atom is 0.298 e. The zero-order chi connectivity index (χ0) is 15.3. The van der Waals surface area contributed by atoms with E-state index in [4.69, 9.17) is 9.92 Å². The predicted molar refractivity (Wildman–Crippen MR) is 77.8 cm³/mol. The lowest BCUT2D eigenvalue weighted by Crippen LogP contribution is -2.39. The first kappa shape index (κ1) is 15.2. The second kappa shape index (κ2) is 6.49. The normalized spacial score (nSPS) is 12.6. The summed E-state index contributed by atoms with van der Waals surface area (Å²) >= 11 is 0. The van der Waals surface area contributed by atoms with Crippen LogP contribution in [0.5, 0.6) is 0 Å². The maximum atomic E-state index is 11.9. The summed E-state index contributed by atoms with van der Waals surface area (Å²) in [5.74, 6) is -0.749. The van der Waals surface area contributed by atoms with Gasteiger partial charge in [0.05, 0.1) is 4.90 Å². The standard InChI is InChI=1S/C14H14N2O4S/c15-13(14(17)16-11-7-3-1-4-8-11)20-21(18,19)12-9-5-2-6-10-12/h1-10,13H,15H2,(H,16,17). The molecule has 3 N–H and O–H groups in total. The molecule has 0 saturated carbocycles. The van der Waals surface area contributed by atoms with Crippen molar-refractivity contribution in [2.75, 3.05) is 5.32 Å². The van der Waals surface area contributed by atoms with E-state index in [0.717, 1.165) is 0 Å². The first-order valence-corrected chi connectivity index (χ1v) is 7.50. The first-order valence-electron chi connectivity index (χ1n) is 6.09. The summed E-state index contributed by atoms with van der Waals surface area (Å²) in [6, 6.07) is 16.0. The third-order valence-corrected chi connectivity index (χ3v) is 3.87. The highest BCUT2D eigenvalue weighted by atomic mass is 32.2. The van der Waals surface area contributed by atoms with E-state index in [1.807, 2.05) is 0 Å². The zero-order valence-corrected chi connectivity index (χ0v) is 11.8. The lowest BCUT2D eigenvalue weighted by Gasteiger charge is -2.13. The van der Waals surface area contributed by atoms with Crippen LogP contribution in [0.15, 0.2) is 65.6 Å². The third-order valence-electron chi connectivity index (χ3n) is 2.56. The van der Waals surface area contributed by atoms with Gasteiger partial charge >= 0.3 is 0 Å². The minimum atomic E-state index is -4.08. The molecule has 2 aromatic rings. The number of nitrogens with two attached hydrogens (primary N) is 1. The maximum absolute atomic E-state index is 11.9. The van der Waals surface area contributed by atoms with Crippen LogP contribution in [-0.4, -0.2) is 20.6 Å². The number of hydrogen-bond acceptors (Lipinski definition) is 5. The van der Waals surface area contributed by atoms with Crippen LogP contribution in [-0.2, 0) is 19.1 Å². The fourth-order valence-corrected chi connectivity index (χ4v) is 2.52. The molecule has 1 unspecified atom stereocenters. The van der Waals surface area contributed by atoms with Crippen molar-refractivity contribution in [3.05, 3.63) is 60.7 Å². The van der Waals surface area contributed by atoms with Gasteiger partial charge in [0.1, 0.15) is 0 Å². The predicted octanol–water partition coefficient (Wildman–Crippen LogP) is 1.32. The van der Waals surface area contributed by atoms with Crippen LogP contribution in [0, 0.1) is 0 Å². The molecule has 21 heavy (non-hydrogen) atoms. The second-order valence-corrected chi connectivity index (χ2v) is 5.71. The van der Waals surface area contributed by atoms with Crippen LogP contribution in [0.25, 0.3) is 0 Å². The zero-order valence-electron chi connectivity index (χ0n) is 11.0. The second-order valence-electron chi connectivity index (χ2n) is 4.14. The van der Waals surface area contributed by atoms with E-state index in [2.05, 4.69) is 5.32 Å². The number of rotatable bonds is 5. The summed E-state index contributed by atoms with van der Waals surface area (Å²) in [5, 5.41) is 2.46. The Balaban J connectivity index is 2.04. The molecule has 7 heteroatoms. The van der Waals surface area contributed by atoms with Gasteiger partial charge in [-0.15, -0.1) is 0 Å². The minimum absolute atomic E-state index is 0.0621. The number of amides is 1. The van der Waals surface area contributed by atoms with Crippen molar-refractivity contribution in [2.24, 2.45) is 5.73 Å². The summed E-state index contributed by atoms with van der Waals surface area (Å²) < 4.78 is 28.5. The van der Waals surface area contributed by atoms with Crippen LogP contribution in [0.3, 0.4) is 0 Å². The Labute approximate surface area is 122 Å². The number of carbonyl (C=O) groups is 1. The van der Waals surface area contributed by atoms with Gasteiger partial charge in [-0.25, -0.2) is 4.18 Å². The van der Waals surface area contributed by atoms with Crippen LogP contribution < -0.4 is 11.1 Å². The quantitative estimate of drug-likeness (QED) is 0.641. The van der Waals surface area contributed by atoms with Crippen molar-refractivity contribution in [1.29, 1.82) is 0 Å². The summed E-state index contributed by atoms with van der Waals surface area (Å²) in [6.45, 7) is 0. The molecule has 1 amide bonds. The molecule has 0 aliphatic heterocycles. The Morgan fingerprint density at radius 3 is 2.10 bits per heavy atom. The van der Waals surface area contributed by atoms with Crippen LogP contribution in [0.1, 0.15) is 0 Å². The van der Waals surface area contributed by atoms with Gasteiger partial charge < -0.3 is 5.32 Å². The first-order chi connectivity index (χ1) is 9.99. The molecule has 2 rings (SSSR count). The number of nitrogens with one attached hydrogen (secondary N) is 1. The molecule has 0 fully saturated rings. The third kappa shape index (κ3) is 4.12. The van der Waals surface area contributed by atoms with Crippen LogP contribution in [0.4, 0.5) is 5.69 Å². The molecule has 0 bridgehead atoms. The highest BCUT2D eigenvalue weighted by Gasteiger charge is 2.24. The molecule has 0 aliphatic carbocycles. The molecule has 2 aromatic carbocycles. The number of carbonyl (C=O) groups excluding carboxylic acids is 1. The SMILES string of the molecule is NC(OS(=O)(=O)c1ccccc1)C(=O)Nc1ccccc1. The van der Waals surface area contributed by atoms with Gasteiger partial charge in [-0.3, -0.25) is 10.5 Å². The van der Waals surface area contributed by atoms with Crippen molar-refractivity contribution >= 4 is 21.7 Å². The van der Waals surface area contributed by atoms with Gasteiger partial charge in [-0.05, 0) is 24.3 Å². The molecule has 0 spiro atoms. The molecule has 110 valence electrons. The van der Waals surface area contributed by atoms with Crippen LogP contribution in [0.2, 0.25) is 0 Å².